The molecule has 2 aliphatic rings. The fourth-order valence-electron chi connectivity index (χ4n) is 3.75. The molecule has 2 heterocycles. The molecule has 2 N–H and O–H groups in total. The van der Waals surface area contributed by atoms with Crippen LogP contribution in [0.2, 0.25) is 0 Å². The third-order valence-corrected chi connectivity index (χ3v) is 4.94. The Bertz CT molecular complexity index is 514. The van der Waals surface area contributed by atoms with Crippen LogP contribution in [0.15, 0.2) is 12.1 Å². The van der Waals surface area contributed by atoms with E-state index in [4.69, 9.17) is 10.5 Å². The molecule has 116 valence electrons. The van der Waals surface area contributed by atoms with Crippen LogP contribution in [0, 0.1) is 5.82 Å². The lowest BCUT2D eigenvalue weighted by Gasteiger charge is -2.38. The zero-order chi connectivity index (χ0) is 15.0. The van der Waals surface area contributed by atoms with Gasteiger partial charge in [0.05, 0.1) is 13.2 Å². The molecule has 1 fully saturated rings. The zero-order valence-corrected chi connectivity index (χ0v) is 12.8. The molecule has 5 heteroatoms. The molecule has 21 heavy (non-hydrogen) atoms. The van der Waals surface area contributed by atoms with E-state index < -0.39 is 0 Å². The molecule has 0 spiro atoms. The number of rotatable bonds is 3. The highest BCUT2D eigenvalue weighted by Gasteiger charge is 2.38. The van der Waals surface area contributed by atoms with E-state index in [1.165, 1.54) is 6.07 Å². The lowest BCUT2D eigenvalue weighted by molar-refractivity contribution is 0.0897. The number of piperidine rings is 1. The number of benzene rings is 1. The van der Waals surface area contributed by atoms with Crippen molar-refractivity contribution in [3.05, 3.63) is 29.1 Å². The maximum Gasteiger partial charge on any atom is 0.128 e. The molecule has 1 aromatic rings. The first kappa shape index (κ1) is 14.8. The van der Waals surface area contributed by atoms with E-state index >= 15 is 0 Å². The van der Waals surface area contributed by atoms with Crippen molar-refractivity contribution >= 4 is 0 Å². The Balaban J connectivity index is 1.90. The number of likely N-dealkylation sites (tertiary alicyclic amines) is 1. The van der Waals surface area contributed by atoms with Crippen molar-refractivity contribution < 1.29 is 9.13 Å². The predicted molar refractivity (Wildman–Crippen MR) is 80.8 cm³/mol. The van der Waals surface area contributed by atoms with Gasteiger partial charge in [-0.25, -0.2) is 4.39 Å². The number of ether oxygens (including phenoxy) is 1. The Morgan fingerprint density at radius 3 is 2.67 bits per heavy atom. The fraction of sp³-hybridized carbons (Fsp3) is 0.625. The molecule has 0 radical (unpaired) electrons. The normalized spacial score (nSPS) is 24.3. The average Bonchev–Trinajstić information content (AvgIpc) is 2.89. The van der Waals surface area contributed by atoms with Gasteiger partial charge in [0.1, 0.15) is 11.6 Å². The molecule has 2 aliphatic heterocycles. The van der Waals surface area contributed by atoms with E-state index in [1.807, 2.05) is 0 Å². The van der Waals surface area contributed by atoms with Gasteiger partial charge in [-0.2, -0.15) is 0 Å². The van der Waals surface area contributed by atoms with Gasteiger partial charge in [0.2, 0.25) is 0 Å². The highest BCUT2D eigenvalue weighted by molar-refractivity contribution is 5.46. The highest BCUT2D eigenvalue weighted by atomic mass is 19.1. The lowest BCUT2D eigenvalue weighted by atomic mass is 10.0. The largest absolute Gasteiger partial charge is 0.496 e. The van der Waals surface area contributed by atoms with Crippen LogP contribution in [0.4, 0.5) is 4.39 Å². The maximum absolute atomic E-state index is 14.3. The van der Waals surface area contributed by atoms with Gasteiger partial charge in [-0.3, -0.25) is 4.90 Å². The van der Waals surface area contributed by atoms with Crippen molar-refractivity contribution in [2.24, 2.45) is 5.73 Å². The van der Waals surface area contributed by atoms with Gasteiger partial charge in [0.15, 0.2) is 0 Å². The van der Waals surface area contributed by atoms with Crippen molar-refractivity contribution in [1.82, 2.24) is 9.80 Å². The number of halogens is 1. The minimum Gasteiger partial charge on any atom is -0.496 e. The number of hydrogen-bond donors (Lipinski definition) is 1. The predicted octanol–water partition coefficient (Wildman–Crippen LogP) is 1.74. The van der Waals surface area contributed by atoms with Crippen LogP contribution in [0.25, 0.3) is 0 Å². The summed E-state index contributed by atoms with van der Waals surface area (Å²) in [6, 6.07) is 3.67. The van der Waals surface area contributed by atoms with Crippen LogP contribution in [0.3, 0.4) is 0 Å². The van der Waals surface area contributed by atoms with Crippen molar-refractivity contribution in [2.45, 2.75) is 31.5 Å². The van der Waals surface area contributed by atoms with E-state index in [0.717, 1.165) is 49.4 Å². The van der Waals surface area contributed by atoms with Crippen LogP contribution in [-0.2, 0) is 6.54 Å². The lowest BCUT2D eigenvalue weighted by Crippen LogP contribution is -2.44. The summed E-state index contributed by atoms with van der Waals surface area (Å²) in [5, 5.41) is 0. The van der Waals surface area contributed by atoms with Gasteiger partial charge in [-0.05, 0) is 45.1 Å². The van der Waals surface area contributed by atoms with E-state index in [2.05, 4.69) is 16.8 Å². The topological polar surface area (TPSA) is 41.7 Å². The molecular formula is C16H24FN3O. The Morgan fingerprint density at radius 1 is 1.33 bits per heavy atom. The highest BCUT2D eigenvalue weighted by Crippen LogP contribution is 2.42. The third-order valence-electron chi connectivity index (χ3n) is 4.94. The zero-order valence-electron chi connectivity index (χ0n) is 12.8. The number of nitrogens with zero attached hydrogens (tertiary/aromatic N) is 2. The van der Waals surface area contributed by atoms with Crippen molar-refractivity contribution in [3.63, 3.8) is 0 Å². The summed E-state index contributed by atoms with van der Waals surface area (Å²) in [5.74, 6) is 0.622. The molecule has 1 saturated heterocycles. The minimum absolute atomic E-state index is 0.0245. The molecule has 1 aromatic carbocycles. The van der Waals surface area contributed by atoms with Gasteiger partial charge in [-0.1, -0.05) is 0 Å². The second-order valence-corrected chi connectivity index (χ2v) is 6.10. The second-order valence-electron chi connectivity index (χ2n) is 6.10. The van der Waals surface area contributed by atoms with Crippen molar-refractivity contribution in [3.8, 4) is 5.75 Å². The number of methoxy groups -OCH3 is 1. The number of nitrogens with two attached hydrogens (primary N) is 1. The summed E-state index contributed by atoms with van der Waals surface area (Å²) >= 11 is 0. The standard InChI is InChI=1S/C16H24FN3O/c1-19-7-5-11(6-8-19)20-10-12-15(21-2)4-3-13(17)16(12)14(20)9-18/h3-4,11,14H,5-10,18H2,1-2H3. The molecule has 4 nitrogen and oxygen atoms in total. The average molecular weight is 293 g/mol. The van der Waals surface area contributed by atoms with Crippen molar-refractivity contribution in [2.75, 3.05) is 33.8 Å². The monoisotopic (exact) mass is 293 g/mol. The summed E-state index contributed by atoms with van der Waals surface area (Å²) < 4.78 is 19.7. The van der Waals surface area contributed by atoms with Gasteiger partial charge >= 0.3 is 0 Å². The first-order valence-corrected chi connectivity index (χ1v) is 7.65. The molecule has 0 saturated carbocycles. The van der Waals surface area contributed by atoms with Gasteiger partial charge in [0, 0.05) is 30.3 Å². The summed E-state index contributed by atoms with van der Waals surface area (Å²) in [5.41, 5.74) is 7.70. The third kappa shape index (κ3) is 2.54. The van der Waals surface area contributed by atoms with Crippen LogP contribution in [-0.4, -0.2) is 49.6 Å². The molecule has 1 atom stereocenters. The fourth-order valence-corrected chi connectivity index (χ4v) is 3.75. The summed E-state index contributed by atoms with van der Waals surface area (Å²) in [6.07, 6.45) is 2.23. The van der Waals surface area contributed by atoms with Gasteiger partial charge in [-0.15, -0.1) is 0 Å². The summed E-state index contributed by atoms with van der Waals surface area (Å²) in [6.45, 7) is 3.37. The van der Waals surface area contributed by atoms with E-state index in [0.29, 0.717) is 12.6 Å². The molecule has 0 amide bonds. The van der Waals surface area contributed by atoms with E-state index in [-0.39, 0.29) is 11.9 Å². The van der Waals surface area contributed by atoms with Crippen LogP contribution >= 0.6 is 0 Å². The molecule has 0 bridgehead atoms. The Hall–Kier alpha value is -1.17. The minimum atomic E-state index is -0.156. The quantitative estimate of drug-likeness (QED) is 0.922. The molecule has 0 aliphatic carbocycles. The number of hydrogen-bond acceptors (Lipinski definition) is 4. The maximum atomic E-state index is 14.3. The van der Waals surface area contributed by atoms with Crippen LogP contribution in [0.5, 0.6) is 5.75 Å². The first-order chi connectivity index (χ1) is 10.2. The molecular weight excluding hydrogens is 269 g/mol. The van der Waals surface area contributed by atoms with Gasteiger partial charge < -0.3 is 15.4 Å². The van der Waals surface area contributed by atoms with Gasteiger partial charge in [0.25, 0.3) is 0 Å². The Morgan fingerprint density at radius 2 is 2.05 bits per heavy atom. The molecule has 0 aromatic heterocycles. The van der Waals surface area contributed by atoms with E-state index in [9.17, 15) is 4.39 Å². The Kier molecular flexibility index (Phi) is 4.15. The Labute approximate surface area is 125 Å². The first-order valence-electron chi connectivity index (χ1n) is 7.65. The number of fused-ring (bicyclic) bond motifs is 1. The van der Waals surface area contributed by atoms with E-state index in [1.54, 1.807) is 13.2 Å². The molecule has 1 unspecified atom stereocenters. The summed E-state index contributed by atoms with van der Waals surface area (Å²) in [7, 11) is 3.79. The van der Waals surface area contributed by atoms with Crippen molar-refractivity contribution in [1.29, 1.82) is 0 Å². The van der Waals surface area contributed by atoms with Crippen LogP contribution < -0.4 is 10.5 Å². The SMILES string of the molecule is COc1ccc(F)c2c1CN(C1CCN(C)CC1)C2CN. The smallest absolute Gasteiger partial charge is 0.128 e. The summed E-state index contributed by atoms with van der Waals surface area (Å²) in [4.78, 5) is 4.72. The van der Waals surface area contributed by atoms with Crippen LogP contribution in [0.1, 0.15) is 30.0 Å². The molecule has 3 rings (SSSR count). The second kappa shape index (κ2) is 5.91.